The molecule has 12 heteroatoms. The maximum Gasteiger partial charge on any atom is 0.170 e. The van der Waals surface area contributed by atoms with Crippen LogP contribution in [0, 0.1) is 13.8 Å². The van der Waals surface area contributed by atoms with Crippen LogP contribution in [0.3, 0.4) is 0 Å². The number of pyridine rings is 1. The van der Waals surface area contributed by atoms with E-state index in [0.29, 0.717) is 53.8 Å². The fourth-order valence-electron chi connectivity index (χ4n) is 4.76. The second-order valence-electron chi connectivity index (χ2n) is 9.44. The van der Waals surface area contributed by atoms with Crippen molar-refractivity contribution in [3.63, 3.8) is 0 Å². The number of hydrogen-bond donors (Lipinski definition) is 0. The summed E-state index contributed by atoms with van der Waals surface area (Å²) in [7, 11) is -0.736. The molecule has 0 N–H and O–H groups in total. The molecule has 2 atom stereocenters. The van der Waals surface area contributed by atoms with E-state index in [1.807, 2.05) is 19.9 Å². The van der Waals surface area contributed by atoms with Crippen molar-refractivity contribution in [2.75, 3.05) is 20.8 Å². The Morgan fingerprint density at radius 1 is 1.00 bits per heavy atom. The molecule has 0 amide bonds. The van der Waals surface area contributed by atoms with Crippen LogP contribution < -0.4 is 9.47 Å². The Balaban J connectivity index is 1.62. The van der Waals surface area contributed by atoms with E-state index in [1.54, 1.807) is 61.8 Å². The third-order valence-electron chi connectivity index (χ3n) is 6.60. The largest absolute Gasteiger partial charge is 0.494 e. The summed E-state index contributed by atoms with van der Waals surface area (Å²) in [5.74, 6) is 1.54. The first-order chi connectivity index (χ1) is 18.8. The molecule has 1 aliphatic heterocycles. The number of sulfone groups is 1. The van der Waals surface area contributed by atoms with E-state index in [-0.39, 0.29) is 5.82 Å². The molecule has 11 nitrogen and oxygen atoms in total. The molecule has 1 aliphatic rings. The summed E-state index contributed by atoms with van der Waals surface area (Å²) in [5, 5.41) is 7.93. The number of aromatic nitrogens is 6. The van der Waals surface area contributed by atoms with Crippen molar-refractivity contribution in [3.05, 3.63) is 71.8 Å². The van der Waals surface area contributed by atoms with Gasteiger partial charge in [0.1, 0.15) is 29.0 Å². The van der Waals surface area contributed by atoms with Crippen molar-refractivity contribution in [2.45, 2.75) is 43.8 Å². The van der Waals surface area contributed by atoms with Gasteiger partial charge in [0.2, 0.25) is 0 Å². The summed E-state index contributed by atoms with van der Waals surface area (Å²) >= 11 is 0. The molecule has 0 aliphatic carbocycles. The Kier molecular flexibility index (Phi) is 7.58. The second-order valence-corrected chi connectivity index (χ2v) is 11.7. The summed E-state index contributed by atoms with van der Waals surface area (Å²) < 4.78 is 46.9. The maximum atomic E-state index is 14.0. The molecule has 204 valence electrons. The van der Waals surface area contributed by atoms with Gasteiger partial charge in [0.25, 0.3) is 0 Å². The fourth-order valence-corrected chi connectivity index (χ4v) is 6.62. The van der Waals surface area contributed by atoms with Crippen LogP contribution in [-0.2, 0) is 20.3 Å². The standard InChI is InChI=1S/C27H30N6O5S/c1-17-11-19(15-28-12-17)27-32-31-23(33(27)24-20(36-3)7-5-8-21(24)37-4)16-39(34,35)22-9-6-10-38-25(22)26-29-13-18(2)14-30-26/h5,7-8,11-15,22,25H,6,9-10,16H2,1-4H3/t22-,25+/m1/s1. The molecule has 1 fully saturated rings. The van der Waals surface area contributed by atoms with E-state index < -0.39 is 26.9 Å². The van der Waals surface area contributed by atoms with E-state index in [2.05, 4.69) is 25.1 Å². The molecule has 1 aromatic carbocycles. The lowest BCUT2D eigenvalue weighted by Gasteiger charge is -2.30. The molecule has 0 radical (unpaired) electrons. The van der Waals surface area contributed by atoms with Gasteiger partial charge in [-0.15, -0.1) is 10.2 Å². The first-order valence-corrected chi connectivity index (χ1v) is 14.2. The monoisotopic (exact) mass is 550 g/mol. The van der Waals surface area contributed by atoms with Gasteiger partial charge in [-0.25, -0.2) is 18.4 Å². The summed E-state index contributed by atoms with van der Waals surface area (Å²) in [6.45, 7) is 4.23. The Morgan fingerprint density at radius 3 is 2.38 bits per heavy atom. The third-order valence-corrected chi connectivity index (χ3v) is 8.67. The van der Waals surface area contributed by atoms with Crippen molar-refractivity contribution < 1.29 is 22.6 Å². The predicted octanol–water partition coefficient (Wildman–Crippen LogP) is 3.59. The van der Waals surface area contributed by atoms with Crippen molar-refractivity contribution in [1.82, 2.24) is 29.7 Å². The molecular weight excluding hydrogens is 520 g/mol. The maximum absolute atomic E-state index is 14.0. The van der Waals surface area contributed by atoms with Crippen molar-refractivity contribution in [1.29, 1.82) is 0 Å². The number of hydrogen-bond acceptors (Lipinski definition) is 10. The molecule has 0 saturated carbocycles. The van der Waals surface area contributed by atoms with Crippen LogP contribution in [0.25, 0.3) is 17.1 Å². The van der Waals surface area contributed by atoms with Gasteiger partial charge in [-0.2, -0.15) is 0 Å². The topological polar surface area (TPSA) is 131 Å². The van der Waals surface area contributed by atoms with E-state index in [9.17, 15) is 8.42 Å². The highest BCUT2D eigenvalue weighted by molar-refractivity contribution is 7.91. The van der Waals surface area contributed by atoms with Crippen LogP contribution in [-0.4, -0.2) is 64.2 Å². The molecule has 1 saturated heterocycles. The molecule has 0 spiro atoms. The average Bonchev–Trinajstić information content (AvgIpc) is 3.35. The van der Waals surface area contributed by atoms with Crippen LogP contribution in [0.4, 0.5) is 0 Å². The van der Waals surface area contributed by atoms with Gasteiger partial charge in [0.05, 0.1) is 19.5 Å². The van der Waals surface area contributed by atoms with E-state index in [0.717, 1.165) is 11.1 Å². The van der Waals surface area contributed by atoms with Gasteiger partial charge in [0.15, 0.2) is 27.3 Å². The van der Waals surface area contributed by atoms with Crippen molar-refractivity contribution in [2.24, 2.45) is 0 Å². The highest BCUT2D eigenvalue weighted by Gasteiger charge is 2.40. The summed E-state index contributed by atoms with van der Waals surface area (Å²) in [5.41, 5.74) is 2.97. The third kappa shape index (κ3) is 5.34. The van der Waals surface area contributed by atoms with Crippen LogP contribution in [0.1, 0.15) is 41.7 Å². The van der Waals surface area contributed by atoms with Gasteiger partial charge >= 0.3 is 0 Å². The number of ether oxygens (including phenoxy) is 3. The predicted molar refractivity (Wildman–Crippen MR) is 144 cm³/mol. The van der Waals surface area contributed by atoms with Crippen LogP contribution in [0.2, 0.25) is 0 Å². The number of aryl methyl sites for hydroxylation is 2. The van der Waals surface area contributed by atoms with Gasteiger partial charge in [0, 0.05) is 37.0 Å². The minimum Gasteiger partial charge on any atom is -0.494 e. The Morgan fingerprint density at radius 2 is 1.72 bits per heavy atom. The highest BCUT2D eigenvalue weighted by atomic mass is 32.2. The molecule has 39 heavy (non-hydrogen) atoms. The smallest absolute Gasteiger partial charge is 0.170 e. The number of benzene rings is 1. The molecule has 5 rings (SSSR count). The van der Waals surface area contributed by atoms with E-state index in [1.165, 1.54) is 0 Å². The zero-order valence-electron chi connectivity index (χ0n) is 22.2. The minimum absolute atomic E-state index is 0.212. The number of para-hydroxylation sites is 1. The van der Waals surface area contributed by atoms with E-state index >= 15 is 0 Å². The fraction of sp³-hybridized carbons (Fsp3) is 0.370. The summed E-state index contributed by atoms with van der Waals surface area (Å²) in [6, 6.07) is 7.25. The van der Waals surface area contributed by atoms with Crippen LogP contribution in [0.5, 0.6) is 11.5 Å². The summed E-state index contributed by atoms with van der Waals surface area (Å²) in [6.07, 6.45) is 6.98. The molecule has 0 unspecified atom stereocenters. The lowest BCUT2D eigenvalue weighted by atomic mass is 10.1. The van der Waals surface area contributed by atoms with E-state index in [4.69, 9.17) is 14.2 Å². The first kappa shape index (κ1) is 26.7. The molecule has 3 aromatic heterocycles. The Bertz CT molecular complexity index is 1550. The van der Waals surface area contributed by atoms with Crippen molar-refractivity contribution in [3.8, 4) is 28.6 Å². The lowest BCUT2D eigenvalue weighted by molar-refractivity contribution is 0.0124. The highest BCUT2D eigenvalue weighted by Crippen LogP contribution is 2.38. The minimum atomic E-state index is -3.82. The lowest BCUT2D eigenvalue weighted by Crippen LogP contribution is -2.36. The van der Waals surface area contributed by atoms with Gasteiger partial charge in [-0.1, -0.05) is 6.07 Å². The quantitative estimate of drug-likeness (QED) is 0.321. The Hall–Kier alpha value is -3.90. The Labute approximate surface area is 227 Å². The SMILES string of the molecule is COc1cccc(OC)c1-n1c(CS(=O)(=O)[C@@H]2CCCO[C@@H]2c2ncc(C)cn2)nnc1-c1cncc(C)c1. The summed E-state index contributed by atoms with van der Waals surface area (Å²) in [4.78, 5) is 13.0. The first-order valence-electron chi connectivity index (χ1n) is 12.5. The van der Waals surface area contributed by atoms with Gasteiger partial charge in [-0.3, -0.25) is 9.55 Å². The normalized spacial score (nSPS) is 17.6. The number of rotatable bonds is 8. The zero-order valence-corrected chi connectivity index (χ0v) is 23.1. The van der Waals surface area contributed by atoms with Crippen molar-refractivity contribution >= 4 is 9.84 Å². The zero-order chi connectivity index (χ0) is 27.6. The average molecular weight is 551 g/mol. The van der Waals surface area contributed by atoms with Crippen LogP contribution in [0.15, 0.2) is 49.1 Å². The number of methoxy groups -OCH3 is 2. The molecular formula is C27H30N6O5S. The van der Waals surface area contributed by atoms with Gasteiger partial charge < -0.3 is 14.2 Å². The van der Waals surface area contributed by atoms with Gasteiger partial charge in [-0.05, 0) is 56.0 Å². The molecule has 0 bridgehead atoms. The molecule has 4 heterocycles. The second kappa shape index (κ2) is 11.1. The molecule has 4 aromatic rings. The number of nitrogens with zero attached hydrogens (tertiary/aromatic N) is 6. The van der Waals surface area contributed by atoms with Crippen LogP contribution >= 0.6 is 0 Å².